The molecule has 0 spiro atoms. The molecule has 1 heterocycles. The maximum absolute atomic E-state index is 10.6. The number of carbonyl (C=O) groups is 1. The molecular weight excluding hydrogens is 170 g/mol. The van der Waals surface area contributed by atoms with Crippen LogP contribution >= 0.6 is 0 Å². The van der Waals surface area contributed by atoms with E-state index in [4.69, 9.17) is 10.8 Å². The number of nitrogens with one attached hydrogen (secondary N) is 1. The molecule has 1 saturated heterocycles. The Hall–Kier alpha value is -0.810. The summed E-state index contributed by atoms with van der Waals surface area (Å²) >= 11 is 0. The molecule has 0 bridgehead atoms. The second-order valence-electron chi connectivity index (χ2n) is 3.50. The van der Waals surface area contributed by atoms with Gasteiger partial charge in [0, 0.05) is 25.2 Å². The lowest BCUT2D eigenvalue weighted by Crippen LogP contribution is -2.57. The Labute approximate surface area is 77.9 Å². The molecule has 0 aromatic carbocycles. The van der Waals surface area contributed by atoms with Crippen LogP contribution in [0.2, 0.25) is 0 Å². The van der Waals surface area contributed by atoms with Gasteiger partial charge in [0.15, 0.2) is 0 Å². The average molecular weight is 187 g/mol. The van der Waals surface area contributed by atoms with Gasteiger partial charge >= 0.3 is 6.09 Å². The maximum atomic E-state index is 10.6. The summed E-state index contributed by atoms with van der Waals surface area (Å²) in [5, 5.41) is 11.9. The van der Waals surface area contributed by atoms with E-state index in [1.54, 1.807) is 0 Å². The van der Waals surface area contributed by atoms with Crippen molar-refractivity contribution in [2.45, 2.75) is 18.4 Å². The van der Waals surface area contributed by atoms with Gasteiger partial charge in [0.1, 0.15) is 0 Å². The highest BCUT2D eigenvalue weighted by Gasteiger charge is 2.33. The van der Waals surface area contributed by atoms with Crippen LogP contribution in [-0.4, -0.2) is 48.3 Å². The van der Waals surface area contributed by atoms with Crippen molar-refractivity contribution in [2.75, 3.05) is 26.7 Å². The minimum absolute atomic E-state index is 0.0497. The highest BCUT2D eigenvalue weighted by Crippen LogP contribution is 2.20. The summed E-state index contributed by atoms with van der Waals surface area (Å²) in [7, 11) is 1.88. The molecule has 5 heteroatoms. The molecule has 0 radical (unpaired) electrons. The van der Waals surface area contributed by atoms with Crippen LogP contribution in [0.1, 0.15) is 12.8 Å². The minimum Gasteiger partial charge on any atom is -0.465 e. The Balaban J connectivity index is 2.50. The molecule has 0 unspecified atom stereocenters. The summed E-state index contributed by atoms with van der Waals surface area (Å²) in [4.78, 5) is 12.1. The van der Waals surface area contributed by atoms with Crippen molar-refractivity contribution < 1.29 is 9.90 Å². The standard InChI is InChI=1S/C8H17N3O2/c1-10-8(6-9)2-4-11(5-3-8)7(12)13/h10H,2-6,9H2,1H3,(H,12,13). The highest BCUT2D eigenvalue weighted by molar-refractivity contribution is 5.65. The van der Waals surface area contributed by atoms with Gasteiger partial charge in [-0.3, -0.25) is 0 Å². The van der Waals surface area contributed by atoms with E-state index >= 15 is 0 Å². The second kappa shape index (κ2) is 3.93. The Morgan fingerprint density at radius 1 is 1.62 bits per heavy atom. The number of piperidine rings is 1. The number of nitrogens with two attached hydrogens (primary N) is 1. The fraction of sp³-hybridized carbons (Fsp3) is 0.875. The van der Waals surface area contributed by atoms with E-state index in [1.807, 2.05) is 7.05 Å². The van der Waals surface area contributed by atoms with Crippen molar-refractivity contribution in [2.24, 2.45) is 5.73 Å². The van der Waals surface area contributed by atoms with Crippen LogP contribution in [0, 0.1) is 0 Å². The Kier molecular flexibility index (Phi) is 3.11. The van der Waals surface area contributed by atoms with Crippen molar-refractivity contribution >= 4 is 6.09 Å². The molecule has 4 N–H and O–H groups in total. The molecule has 5 nitrogen and oxygen atoms in total. The van der Waals surface area contributed by atoms with Gasteiger partial charge < -0.3 is 21.1 Å². The zero-order valence-electron chi connectivity index (χ0n) is 7.92. The molecule has 0 saturated carbocycles. The van der Waals surface area contributed by atoms with Gasteiger partial charge in [-0.15, -0.1) is 0 Å². The first kappa shape index (κ1) is 10.3. The summed E-state index contributed by atoms with van der Waals surface area (Å²) in [6, 6.07) is 0. The molecule has 0 aliphatic carbocycles. The normalized spacial score (nSPS) is 21.5. The van der Waals surface area contributed by atoms with Gasteiger partial charge in [-0.25, -0.2) is 4.79 Å². The number of carboxylic acid groups (broad SMARTS) is 1. The first-order valence-corrected chi connectivity index (χ1v) is 4.50. The van der Waals surface area contributed by atoms with Crippen molar-refractivity contribution in [3.05, 3.63) is 0 Å². The van der Waals surface area contributed by atoms with Gasteiger partial charge in [-0.2, -0.15) is 0 Å². The molecule has 1 amide bonds. The van der Waals surface area contributed by atoms with Gasteiger partial charge in [0.25, 0.3) is 0 Å². The summed E-state index contributed by atoms with van der Waals surface area (Å²) in [6.07, 6.45) is 0.764. The SMILES string of the molecule is CNC1(CN)CCN(C(=O)O)CC1. The first-order chi connectivity index (χ1) is 6.13. The van der Waals surface area contributed by atoms with Crippen LogP contribution in [0.5, 0.6) is 0 Å². The van der Waals surface area contributed by atoms with Gasteiger partial charge in [0.2, 0.25) is 0 Å². The van der Waals surface area contributed by atoms with Crippen LogP contribution in [-0.2, 0) is 0 Å². The maximum Gasteiger partial charge on any atom is 0.407 e. The third-order valence-electron chi connectivity index (χ3n) is 2.91. The number of hydrogen-bond acceptors (Lipinski definition) is 3. The minimum atomic E-state index is -0.832. The number of rotatable bonds is 2. The first-order valence-electron chi connectivity index (χ1n) is 4.50. The monoisotopic (exact) mass is 187 g/mol. The van der Waals surface area contributed by atoms with Crippen molar-refractivity contribution in [3.8, 4) is 0 Å². The summed E-state index contributed by atoms with van der Waals surface area (Å²) in [5.41, 5.74) is 5.59. The van der Waals surface area contributed by atoms with E-state index in [-0.39, 0.29) is 5.54 Å². The quantitative estimate of drug-likeness (QED) is 0.553. The number of likely N-dealkylation sites (N-methyl/N-ethyl adjacent to an activating group) is 1. The topological polar surface area (TPSA) is 78.6 Å². The van der Waals surface area contributed by atoms with Crippen molar-refractivity contribution in [1.82, 2.24) is 10.2 Å². The van der Waals surface area contributed by atoms with Crippen molar-refractivity contribution in [3.63, 3.8) is 0 Å². The Morgan fingerprint density at radius 2 is 2.15 bits per heavy atom. The highest BCUT2D eigenvalue weighted by atomic mass is 16.4. The summed E-state index contributed by atoms with van der Waals surface area (Å²) in [5.74, 6) is 0. The van der Waals surface area contributed by atoms with E-state index in [9.17, 15) is 4.79 Å². The lowest BCUT2D eigenvalue weighted by molar-refractivity contribution is 0.111. The Bertz CT molecular complexity index is 182. The van der Waals surface area contributed by atoms with E-state index in [0.717, 1.165) is 12.8 Å². The summed E-state index contributed by atoms with van der Waals surface area (Å²) < 4.78 is 0. The molecule has 1 aliphatic heterocycles. The molecule has 1 aliphatic rings. The predicted molar refractivity (Wildman–Crippen MR) is 49.7 cm³/mol. The zero-order valence-corrected chi connectivity index (χ0v) is 7.92. The molecular formula is C8H17N3O2. The van der Waals surface area contributed by atoms with Crippen LogP contribution < -0.4 is 11.1 Å². The lowest BCUT2D eigenvalue weighted by Gasteiger charge is -2.39. The fourth-order valence-corrected chi connectivity index (χ4v) is 1.68. The molecule has 0 atom stereocenters. The predicted octanol–water partition coefficient (Wildman–Crippen LogP) is -0.323. The zero-order chi connectivity index (χ0) is 9.90. The summed E-state index contributed by atoms with van der Waals surface area (Å²) in [6.45, 7) is 1.72. The molecule has 1 rings (SSSR count). The average Bonchev–Trinajstić information content (AvgIpc) is 2.18. The number of nitrogens with zero attached hydrogens (tertiary/aromatic N) is 1. The number of hydrogen-bond donors (Lipinski definition) is 3. The third kappa shape index (κ3) is 2.10. The van der Waals surface area contributed by atoms with E-state index in [1.165, 1.54) is 4.90 Å². The third-order valence-corrected chi connectivity index (χ3v) is 2.91. The molecule has 13 heavy (non-hydrogen) atoms. The Morgan fingerprint density at radius 3 is 2.46 bits per heavy atom. The second-order valence-corrected chi connectivity index (χ2v) is 3.50. The van der Waals surface area contributed by atoms with Gasteiger partial charge in [-0.05, 0) is 19.9 Å². The van der Waals surface area contributed by atoms with Crippen LogP contribution in [0.25, 0.3) is 0 Å². The molecule has 0 aromatic rings. The van der Waals surface area contributed by atoms with E-state index < -0.39 is 6.09 Å². The van der Waals surface area contributed by atoms with E-state index in [2.05, 4.69) is 5.32 Å². The van der Waals surface area contributed by atoms with Crippen molar-refractivity contribution in [1.29, 1.82) is 0 Å². The van der Waals surface area contributed by atoms with Crippen LogP contribution in [0.3, 0.4) is 0 Å². The largest absolute Gasteiger partial charge is 0.465 e. The van der Waals surface area contributed by atoms with E-state index in [0.29, 0.717) is 19.6 Å². The lowest BCUT2D eigenvalue weighted by atomic mass is 9.88. The number of likely N-dealkylation sites (tertiary alicyclic amines) is 1. The number of amides is 1. The molecule has 76 valence electrons. The fourth-order valence-electron chi connectivity index (χ4n) is 1.68. The molecule has 1 fully saturated rings. The smallest absolute Gasteiger partial charge is 0.407 e. The van der Waals surface area contributed by atoms with Gasteiger partial charge in [-0.1, -0.05) is 0 Å². The molecule has 0 aromatic heterocycles. The van der Waals surface area contributed by atoms with Crippen LogP contribution in [0.4, 0.5) is 4.79 Å². The van der Waals surface area contributed by atoms with Crippen LogP contribution in [0.15, 0.2) is 0 Å². The van der Waals surface area contributed by atoms with Gasteiger partial charge in [0.05, 0.1) is 0 Å².